The third-order valence-electron chi connectivity index (χ3n) is 3.29. The molecule has 0 amide bonds. The van der Waals surface area contributed by atoms with E-state index in [1.54, 1.807) is 0 Å². The van der Waals surface area contributed by atoms with Crippen LogP contribution in [0.1, 0.15) is 30.4 Å². The second-order valence-corrected chi connectivity index (χ2v) is 4.81. The number of hydrogen-bond donors (Lipinski definition) is 1. The minimum atomic E-state index is -4.27. The Labute approximate surface area is 111 Å². The van der Waals surface area contributed by atoms with E-state index in [0.717, 1.165) is 50.0 Å². The van der Waals surface area contributed by atoms with Crippen molar-refractivity contribution in [3.8, 4) is 0 Å². The molecule has 19 heavy (non-hydrogen) atoms. The van der Waals surface area contributed by atoms with Gasteiger partial charge in [-0.1, -0.05) is 12.1 Å². The van der Waals surface area contributed by atoms with E-state index in [1.165, 1.54) is 12.1 Å². The summed E-state index contributed by atoms with van der Waals surface area (Å²) < 4.78 is 43.0. The molecule has 1 aliphatic rings. The largest absolute Gasteiger partial charge is 0.416 e. The zero-order valence-electron chi connectivity index (χ0n) is 10.7. The summed E-state index contributed by atoms with van der Waals surface area (Å²) in [5.74, 6) is 0. The van der Waals surface area contributed by atoms with Gasteiger partial charge in [0.15, 0.2) is 0 Å². The zero-order chi connectivity index (χ0) is 13.7. The summed E-state index contributed by atoms with van der Waals surface area (Å²) in [6.07, 6.45) is -1.02. The van der Waals surface area contributed by atoms with Gasteiger partial charge in [-0.25, -0.2) is 0 Å². The van der Waals surface area contributed by atoms with Crippen LogP contribution in [0.4, 0.5) is 13.2 Å². The van der Waals surface area contributed by atoms with Crippen molar-refractivity contribution >= 4 is 0 Å². The van der Waals surface area contributed by atoms with E-state index in [1.807, 2.05) is 0 Å². The average Bonchev–Trinajstić information content (AvgIpc) is 2.64. The molecule has 0 bridgehead atoms. The predicted octanol–water partition coefficient (Wildman–Crippen LogP) is 3.36. The number of hydrogen-bond acceptors (Lipinski definition) is 2. The summed E-state index contributed by atoms with van der Waals surface area (Å²) in [4.78, 5) is 0. The smallest absolute Gasteiger partial charge is 0.373 e. The lowest BCUT2D eigenvalue weighted by Gasteiger charge is -2.15. The van der Waals surface area contributed by atoms with E-state index in [2.05, 4.69) is 5.32 Å². The molecular formula is C14H18F3NO. The van der Waals surface area contributed by atoms with Crippen LogP contribution in [-0.4, -0.2) is 19.2 Å². The number of halogens is 3. The number of rotatable bonds is 3. The van der Waals surface area contributed by atoms with Gasteiger partial charge < -0.3 is 10.1 Å². The molecule has 0 spiro atoms. The van der Waals surface area contributed by atoms with Crippen molar-refractivity contribution in [2.24, 2.45) is 0 Å². The molecular weight excluding hydrogens is 255 g/mol. The fourth-order valence-corrected chi connectivity index (χ4v) is 2.16. The molecule has 1 aliphatic heterocycles. The van der Waals surface area contributed by atoms with Crippen LogP contribution in [0.2, 0.25) is 0 Å². The van der Waals surface area contributed by atoms with Gasteiger partial charge in [0.25, 0.3) is 0 Å². The monoisotopic (exact) mass is 273 g/mol. The van der Waals surface area contributed by atoms with Gasteiger partial charge >= 0.3 is 6.18 Å². The summed E-state index contributed by atoms with van der Waals surface area (Å²) in [6, 6.07) is 5.18. The van der Waals surface area contributed by atoms with Crippen molar-refractivity contribution in [1.29, 1.82) is 0 Å². The lowest BCUT2D eigenvalue weighted by Crippen LogP contribution is -2.17. The van der Waals surface area contributed by atoms with Gasteiger partial charge in [0.2, 0.25) is 0 Å². The highest BCUT2D eigenvalue weighted by atomic mass is 19.4. The Bertz CT molecular complexity index is 381. The van der Waals surface area contributed by atoms with E-state index >= 15 is 0 Å². The maximum absolute atomic E-state index is 12.4. The molecule has 1 aromatic rings. The minimum absolute atomic E-state index is 0.206. The van der Waals surface area contributed by atoms with Crippen molar-refractivity contribution in [3.05, 3.63) is 35.4 Å². The van der Waals surface area contributed by atoms with Crippen LogP contribution in [0, 0.1) is 0 Å². The summed E-state index contributed by atoms with van der Waals surface area (Å²) in [7, 11) is 0. The molecule has 1 aromatic carbocycles. The minimum Gasteiger partial charge on any atom is -0.373 e. The van der Waals surface area contributed by atoms with Crippen molar-refractivity contribution in [2.75, 3.05) is 13.1 Å². The van der Waals surface area contributed by atoms with Gasteiger partial charge in [-0.3, -0.25) is 0 Å². The van der Waals surface area contributed by atoms with Gasteiger partial charge in [0, 0.05) is 0 Å². The third-order valence-corrected chi connectivity index (χ3v) is 3.29. The molecule has 0 saturated carbocycles. The van der Waals surface area contributed by atoms with E-state index in [9.17, 15) is 13.2 Å². The van der Waals surface area contributed by atoms with Crippen molar-refractivity contribution in [2.45, 2.75) is 38.1 Å². The van der Waals surface area contributed by atoms with Gasteiger partial charge in [-0.15, -0.1) is 0 Å². The molecule has 1 saturated heterocycles. The van der Waals surface area contributed by atoms with Crippen LogP contribution >= 0.6 is 0 Å². The molecule has 1 atom stereocenters. The van der Waals surface area contributed by atoms with Crippen LogP contribution in [-0.2, 0) is 17.5 Å². The van der Waals surface area contributed by atoms with Crippen LogP contribution < -0.4 is 5.32 Å². The topological polar surface area (TPSA) is 21.3 Å². The molecule has 106 valence electrons. The SMILES string of the molecule is FC(F)(F)c1ccc(COC2CCCNCC2)cc1. The lowest BCUT2D eigenvalue weighted by molar-refractivity contribution is -0.137. The Hall–Kier alpha value is -1.07. The lowest BCUT2D eigenvalue weighted by atomic mass is 10.1. The Balaban J connectivity index is 1.85. The normalized spacial score (nSPS) is 21.1. The number of alkyl halides is 3. The summed E-state index contributed by atoms with van der Waals surface area (Å²) in [5.41, 5.74) is 0.167. The summed E-state index contributed by atoms with van der Waals surface area (Å²) in [5, 5.41) is 3.29. The first-order valence-corrected chi connectivity index (χ1v) is 6.54. The summed E-state index contributed by atoms with van der Waals surface area (Å²) >= 11 is 0. The zero-order valence-corrected chi connectivity index (χ0v) is 10.7. The van der Waals surface area contributed by atoms with Crippen molar-refractivity contribution < 1.29 is 17.9 Å². The maximum atomic E-state index is 12.4. The van der Waals surface area contributed by atoms with Gasteiger partial charge in [-0.05, 0) is 50.0 Å². The first-order valence-electron chi connectivity index (χ1n) is 6.54. The maximum Gasteiger partial charge on any atom is 0.416 e. The number of benzene rings is 1. The summed E-state index contributed by atoms with van der Waals surface area (Å²) in [6.45, 7) is 2.33. The highest BCUT2D eigenvalue weighted by molar-refractivity contribution is 5.24. The fourth-order valence-electron chi connectivity index (χ4n) is 2.16. The van der Waals surface area contributed by atoms with Crippen molar-refractivity contribution in [3.63, 3.8) is 0 Å². The molecule has 1 fully saturated rings. The number of nitrogens with one attached hydrogen (secondary N) is 1. The van der Waals surface area contributed by atoms with E-state index in [4.69, 9.17) is 4.74 Å². The van der Waals surface area contributed by atoms with E-state index in [-0.39, 0.29) is 6.10 Å². The standard InChI is InChI=1S/C14H18F3NO/c15-14(16,17)12-5-3-11(4-6-12)10-19-13-2-1-8-18-9-7-13/h3-6,13,18H,1-2,7-10H2. The molecule has 0 radical (unpaired) electrons. The molecule has 1 unspecified atom stereocenters. The van der Waals surface area contributed by atoms with Crippen LogP contribution in [0.25, 0.3) is 0 Å². The Kier molecular flexibility index (Phi) is 4.82. The third kappa shape index (κ3) is 4.51. The van der Waals surface area contributed by atoms with Crippen LogP contribution in [0.15, 0.2) is 24.3 Å². The van der Waals surface area contributed by atoms with Gasteiger partial charge in [0.1, 0.15) is 0 Å². The Morgan fingerprint density at radius 2 is 1.84 bits per heavy atom. The highest BCUT2D eigenvalue weighted by Gasteiger charge is 2.29. The van der Waals surface area contributed by atoms with E-state index in [0.29, 0.717) is 6.61 Å². The van der Waals surface area contributed by atoms with Gasteiger partial charge in [0.05, 0.1) is 18.3 Å². The second kappa shape index (κ2) is 6.39. The van der Waals surface area contributed by atoms with E-state index < -0.39 is 11.7 Å². The van der Waals surface area contributed by atoms with Crippen LogP contribution in [0.3, 0.4) is 0 Å². The molecule has 2 rings (SSSR count). The van der Waals surface area contributed by atoms with Gasteiger partial charge in [-0.2, -0.15) is 13.2 Å². The molecule has 0 aromatic heterocycles. The molecule has 0 aliphatic carbocycles. The van der Waals surface area contributed by atoms with Crippen LogP contribution in [0.5, 0.6) is 0 Å². The first kappa shape index (κ1) is 14.3. The predicted molar refractivity (Wildman–Crippen MR) is 66.7 cm³/mol. The Morgan fingerprint density at radius 1 is 1.11 bits per heavy atom. The molecule has 5 heteroatoms. The molecule has 1 heterocycles. The van der Waals surface area contributed by atoms with Crippen molar-refractivity contribution in [1.82, 2.24) is 5.32 Å². The molecule has 2 nitrogen and oxygen atoms in total. The highest BCUT2D eigenvalue weighted by Crippen LogP contribution is 2.29. The second-order valence-electron chi connectivity index (χ2n) is 4.81. The molecule has 1 N–H and O–H groups in total. The Morgan fingerprint density at radius 3 is 2.53 bits per heavy atom. The average molecular weight is 273 g/mol. The number of ether oxygens (including phenoxy) is 1. The fraction of sp³-hybridized carbons (Fsp3) is 0.571. The quantitative estimate of drug-likeness (QED) is 0.911. The first-order chi connectivity index (χ1) is 9.05.